The summed E-state index contributed by atoms with van der Waals surface area (Å²) in [6.45, 7) is 10.7. The number of rotatable bonds is 4. The Labute approximate surface area is 133 Å². The van der Waals surface area contributed by atoms with Gasteiger partial charge >= 0.3 is 0 Å². The molecule has 0 radical (unpaired) electrons. The maximum Gasteiger partial charge on any atom is 0.123 e. The molecule has 0 bridgehead atoms. The van der Waals surface area contributed by atoms with Gasteiger partial charge in [-0.05, 0) is 46.1 Å². The lowest BCUT2D eigenvalue weighted by atomic mass is 9.98. The highest BCUT2D eigenvalue weighted by molar-refractivity contribution is 5.13. The van der Waals surface area contributed by atoms with Crippen LogP contribution in [0.25, 0.3) is 0 Å². The molecule has 5 nitrogen and oxygen atoms in total. The van der Waals surface area contributed by atoms with E-state index in [9.17, 15) is 0 Å². The van der Waals surface area contributed by atoms with Gasteiger partial charge in [-0.2, -0.15) is 0 Å². The largest absolute Gasteiger partial charge is 0.335 e. The van der Waals surface area contributed by atoms with Crippen molar-refractivity contribution >= 4 is 0 Å². The van der Waals surface area contributed by atoms with Gasteiger partial charge in [0.1, 0.15) is 11.6 Å². The van der Waals surface area contributed by atoms with Crippen molar-refractivity contribution in [3.05, 3.63) is 35.4 Å². The number of piperidine rings is 1. The first-order valence-electron chi connectivity index (χ1n) is 8.23. The van der Waals surface area contributed by atoms with Crippen LogP contribution in [0.4, 0.5) is 0 Å². The standard InChI is InChI=1S/C17H27N5/c1-13-14(2)20(4)17(19-13)12-21-8-5-6-16(10-21)11-22-9-7-18-15(22)3/h7,9,16H,5-6,8,10-12H2,1-4H3. The molecule has 0 amide bonds. The summed E-state index contributed by atoms with van der Waals surface area (Å²) in [6.07, 6.45) is 6.59. The van der Waals surface area contributed by atoms with Crippen molar-refractivity contribution in [1.82, 2.24) is 24.0 Å². The Kier molecular flexibility index (Phi) is 4.34. The maximum absolute atomic E-state index is 4.72. The molecule has 2 aromatic heterocycles. The highest BCUT2D eigenvalue weighted by atomic mass is 15.2. The normalized spacial score (nSPS) is 19.7. The van der Waals surface area contributed by atoms with Crippen LogP contribution in [-0.4, -0.2) is 37.1 Å². The molecule has 0 saturated carbocycles. The molecule has 0 spiro atoms. The first-order chi connectivity index (χ1) is 10.5. The lowest BCUT2D eigenvalue weighted by Crippen LogP contribution is -2.37. The van der Waals surface area contributed by atoms with Crippen LogP contribution in [-0.2, 0) is 20.1 Å². The summed E-state index contributed by atoms with van der Waals surface area (Å²) in [7, 11) is 2.13. The van der Waals surface area contributed by atoms with Crippen molar-refractivity contribution in [1.29, 1.82) is 0 Å². The van der Waals surface area contributed by atoms with Crippen molar-refractivity contribution < 1.29 is 0 Å². The van der Waals surface area contributed by atoms with Crippen LogP contribution in [0.5, 0.6) is 0 Å². The van der Waals surface area contributed by atoms with E-state index in [1.807, 2.05) is 6.20 Å². The molecule has 1 aliphatic heterocycles. The Morgan fingerprint density at radius 1 is 1.27 bits per heavy atom. The van der Waals surface area contributed by atoms with Crippen LogP contribution in [0.2, 0.25) is 0 Å². The maximum atomic E-state index is 4.72. The summed E-state index contributed by atoms with van der Waals surface area (Å²) in [5.74, 6) is 3.02. The molecule has 1 unspecified atom stereocenters. The number of likely N-dealkylation sites (tertiary alicyclic amines) is 1. The van der Waals surface area contributed by atoms with E-state index in [1.165, 1.54) is 30.9 Å². The summed E-state index contributed by atoms with van der Waals surface area (Å²) in [5, 5.41) is 0. The Bertz CT molecular complexity index is 640. The van der Waals surface area contributed by atoms with Crippen LogP contribution in [0.1, 0.15) is 35.9 Å². The summed E-state index contributed by atoms with van der Waals surface area (Å²) < 4.78 is 4.52. The third-order valence-electron chi connectivity index (χ3n) is 5.06. The number of hydrogen-bond acceptors (Lipinski definition) is 3. The van der Waals surface area contributed by atoms with E-state index in [1.54, 1.807) is 0 Å². The van der Waals surface area contributed by atoms with Gasteiger partial charge in [0.25, 0.3) is 0 Å². The molecule has 1 fully saturated rings. The van der Waals surface area contributed by atoms with Crippen molar-refractivity contribution in [2.75, 3.05) is 13.1 Å². The van der Waals surface area contributed by atoms with Crippen molar-refractivity contribution in [2.45, 2.75) is 46.7 Å². The van der Waals surface area contributed by atoms with Gasteiger partial charge in [-0.15, -0.1) is 0 Å². The minimum atomic E-state index is 0.712. The highest BCUT2D eigenvalue weighted by Crippen LogP contribution is 2.21. The smallest absolute Gasteiger partial charge is 0.123 e. The molecule has 1 aliphatic rings. The van der Waals surface area contributed by atoms with Gasteiger partial charge in [0, 0.05) is 38.2 Å². The van der Waals surface area contributed by atoms with Gasteiger partial charge < -0.3 is 9.13 Å². The van der Waals surface area contributed by atoms with Gasteiger partial charge in [0.05, 0.1) is 12.2 Å². The summed E-state index contributed by atoms with van der Waals surface area (Å²) >= 11 is 0. The van der Waals surface area contributed by atoms with E-state index in [0.717, 1.165) is 31.2 Å². The van der Waals surface area contributed by atoms with Gasteiger partial charge in [-0.3, -0.25) is 4.90 Å². The van der Waals surface area contributed by atoms with E-state index in [0.29, 0.717) is 5.92 Å². The Hall–Kier alpha value is -1.62. The summed E-state index contributed by atoms with van der Waals surface area (Å²) in [5.41, 5.74) is 2.43. The van der Waals surface area contributed by atoms with Gasteiger partial charge in [-0.25, -0.2) is 9.97 Å². The van der Waals surface area contributed by atoms with Gasteiger partial charge in [0.2, 0.25) is 0 Å². The Morgan fingerprint density at radius 3 is 2.73 bits per heavy atom. The zero-order valence-corrected chi connectivity index (χ0v) is 14.2. The molecule has 5 heteroatoms. The molecule has 3 rings (SSSR count). The molecule has 0 aromatic carbocycles. The van der Waals surface area contributed by atoms with E-state index in [2.05, 4.69) is 53.0 Å². The van der Waals surface area contributed by atoms with E-state index < -0.39 is 0 Å². The first kappa shape index (κ1) is 15.3. The highest BCUT2D eigenvalue weighted by Gasteiger charge is 2.22. The first-order valence-corrected chi connectivity index (χ1v) is 8.23. The van der Waals surface area contributed by atoms with E-state index in [-0.39, 0.29) is 0 Å². The second-order valence-electron chi connectivity index (χ2n) is 6.63. The molecule has 0 N–H and O–H groups in total. The second-order valence-corrected chi connectivity index (χ2v) is 6.63. The zero-order chi connectivity index (χ0) is 15.7. The molecule has 2 aromatic rings. The lowest BCUT2D eigenvalue weighted by Gasteiger charge is -2.32. The molecular formula is C17H27N5. The summed E-state index contributed by atoms with van der Waals surface area (Å²) in [4.78, 5) is 11.6. The van der Waals surface area contributed by atoms with E-state index in [4.69, 9.17) is 4.98 Å². The van der Waals surface area contributed by atoms with Gasteiger partial charge in [0.15, 0.2) is 0 Å². The molecule has 1 saturated heterocycles. The predicted octanol–water partition coefficient (Wildman–Crippen LogP) is 2.45. The number of nitrogens with zero attached hydrogens (tertiary/aromatic N) is 5. The zero-order valence-electron chi connectivity index (χ0n) is 14.2. The minimum Gasteiger partial charge on any atom is -0.335 e. The fourth-order valence-corrected chi connectivity index (χ4v) is 3.45. The molecule has 22 heavy (non-hydrogen) atoms. The molecule has 120 valence electrons. The quantitative estimate of drug-likeness (QED) is 0.871. The average Bonchev–Trinajstić information content (AvgIpc) is 2.99. The van der Waals surface area contributed by atoms with Crippen molar-refractivity contribution in [2.24, 2.45) is 13.0 Å². The monoisotopic (exact) mass is 301 g/mol. The van der Waals surface area contributed by atoms with Crippen LogP contribution < -0.4 is 0 Å². The van der Waals surface area contributed by atoms with Crippen molar-refractivity contribution in [3.63, 3.8) is 0 Å². The molecule has 3 heterocycles. The molecular weight excluding hydrogens is 274 g/mol. The Morgan fingerprint density at radius 2 is 2.09 bits per heavy atom. The average molecular weight is 301 g/mol. The summed E-state index contributed by atoms with van der Waals surface area (Å²) in [6, 6.07) is 0. The Balaban J connectivity index is 1.63. The third kappa shape index (κ3) is 3.09. The lowest BCUT2D eigenvalue weighted by molar-refractivity contribution is 0.151. The second kappa shape index (κ2) is 6.24. The number of imidazole rings is 2. The fourth-order valence-electron chi connectivity index (χ4n) is 3.45. The van der Waals surface area contributed by atoms with Gasteiger partial charge in [-0.1, -0.05) is 0 Å². The molecule has 1 atom stereocenters. The van der Waals surface area contributed by atoms with Crippen LogP contribution in [0, 0.1) is 26.7 Å². The minimum absolute atomic E-state index is 0.712. The SMILES string of the molecule is Cc1nc(CN2CCCC(Cn3ccnc3C)C2)n(C)c1C. The van der Waals surface area contributed by atoms with Crippen LogP contribution >= 0.6 is 0 Å². The number of hydrogen-bond donors (Lipinski definition) is 0. The number of aromatic nitrogens is 4. The van der Waals surface area contributed by atoms with E-state index >= 15 is 0 Å². The van der Waals surface area contributed by atoms with Crippen LogP contribution in [0.3, 0.4) is 0 Å². The van der Waals surface area contributed by atoms with Crippen LogP contribution in [0.15, 0.2) is 12.4 Å². The number of aryl methyl sites for hydroxylation is 2. The predicted molar refractivity (Wildman–Crippen MR) is 87.6 cm³/mol. The third-order valence-corrected chi connectivity index (χ3v) is 5.06. The van der Waals surface area contributed by atoms with Crippen molar-refractivity contribution in [3.8, 4) is 0 Å². The molecule has 0 aliphatic carbocycles. The topological polar surface area (TPSA) is 38.9 Å². The fraction of sp³-hybridized carbons (Fsp3) is 0.647.